The minimum atomic E-state index is -0.309. The average molecular weight is 344 g/mol. The van der Waals surface area contributed by atoms with Crippen LogP contribution in [0.2, 0.25) is 0 Å². The first-order valence-electron chi connectivity index (χ1n) is 8.70. The molecular formula is C18H21FN4O2. The lowest BCUT2D eigenvalue weighted by molar-refractivity contribution is 0.0694. The molecule has 2 aliphatic rings. The van der Waals surface area contributed by atoms with E-state index in [1.54, 1.807) is 23.7 Å². The van der Waals surface area contributed by atoms with Crippen molar-refractivity contribution < 1.29 is 13.9 Å². The molecule has 0 bridgehead atoms. The van der Waals surface area contributed by atoms with E-state index in [1.165, 1.54) is 12.1 Å². The molecule has 2 aromatic rings. The molecule has 1 aliphatic carbocycles. The van der Waals surface area contributed by atoms with Gasteiger partial charge >= 0.3 is 0 Å². The normalized spacial score (nSPS) is 20.0. The zero-order valence-electron chi connectivity index (χ0n) is 14.2. The predicted octanol–water partition coefficient (Wildman–Crippen LogP) is 2.36. The highest BCUT2D eigenvalue weighted by Crippen LogP contribution is 2.30. The number of hydrogen-bond acceptors (Lipinski definition) is 4. The molecule has 1 aliphatic heterocycles. The molecule has 0 radical (unpaired) electrons. The van der Waals surface area contributed by atoms with Crippen molar-refractivity contribution in [1.82, 2.24) is 19.7 Å². The van der Waals surface area contributed by atoms with Crippen LogP contribution in [0.4, 0.5) is 4.39 Å². The highest BCUT2D eigenvalue weighted by molar-refractivity contribution is 5.91. The van der Waals surface area contributed by atoms with Crippen LogP contribution in [0, 0.1) is 18.7 Å². The topological polar surface area (TPSA) is 60.3 Å². The fraction of sp³-hybridized carbons (Fsp3) is 0.500. The number of carbonyl (C=O) groups excluding carboxylic acids is 1. The first-order valence-corrected chi connectivity index (χ1v) is 8.70. The Hall–Kier alpha value is -2.28. The van der Waals surface area contributed by atoms with E-state index in [0.717, 1.165) is 25.9 Å². The minimum absolute atomic E-state index is 0.127. The van der Waals surface area contributed by atoms with Crippen molar-refractivity contribution in [3.05, 3.63) is 41.7 Å². The Labute approximate surface area is 145 Å². The van der Waals surface area contributed by atoms with E-state index in [0.29, 0.717) is 36.6 Å². The van der Waals surface area contributed by atoms with E-state index < -0.39 is 0 Å². The van der Waals surface area contributed by atoms with Gasteiger partial charge in [0.2, 0.25) is 5.82 Å². The van der Waals surface area contributed by atoms with Crippen LogP contribution in [-0.2, 0) is 4.74 Å². The first-order chi connectivity index (χ1) is 12.1. The largest absolute Gasteiger partial charge is 0.381 e. The molecular weight excluding hydrogens is 323 g/mol. The van der Waals surface area contributed by atoms with Crippen molar-refractivity contribution in [3.8, 4) is 5.69 Å². The first kappa shape index (κ1) is 16.2. The fourth-order valence-electron chi connectivity index (χ4n) is 3.23. The maximum atomic E-state index is 13.1. The summed E-state index contributed by atoms with van der Waals surface area (Å²) in [5, 5.41) is 4.38. The molecule has 0 N–H and O–H groups in total. The summed E-state index contributed by atoms with van der Waals surface area (Å²) >= 11 is 0. The maximum Gasteiger partial charge on any atom is 0.293 e. The molecule has 6 nitrogen and oxygen atoms in total. The molecule has 1 saturated carbocycles. The highest BCUT2D eigenvalue weighted by atomic mass is 19.1. The van der Waals surface area contributed by atoms with Crippen molar-refractivity contribution in [3.63, 3.8) is 0 Å². The van der Waals surface area contributed by atoms with E-state index in [2.05, 4.69) is 10.1 Å². The molecule has 1 saturated heterocycles. The average Bonchev–Trinajstić information content (AvgIpc) is 3.17. The Morgan fingerprint density at radius 3 is 2.72 bits per heavy atom. The summed E-state index contributed by atoms with van der Waals surface area (Å²) in [7, 11) is 0. The summed E-state index contributed by atoms with van der Waals surface area (Å²) in [6, 6.07) is 6.29. The predicted molar refractivity (Wildman–Crippen MR) is 89.0 cm³/mol. The number of amides is 1. The molecule has 25 heavy (non-hydrogen) atoms. The van der Waals surface area contributed by atoms with Crippen molar-refractivity contribution in [2.24, 2.45) is 5.92 Å². The molecule has 2 heterocycles. The number of aromatic nitrogens is 3. The maximum absolute atomic E-state index is 13.1. The number of hydrogen-bond donors (Lipinski definition) is 0. The number of ether oxygens (including phenoxy) is 1. The fourth-order valence-corrected chi connectivity index (χ4v) is 3.23. The SMILES string of the molecule is Cc1nc(C(=O)N(CC2CCOC2)C2CC2)nn1-c1ccc(F)cc1. The molecule has 1 aromatic heterocycles. The number of benzene rings is 1. The van der Waals surface area contributed by atoms with Gasteiger partial charge in [-0.05, 0) is 50.5 Å². The van der Waals surface area contributed by atoms with Gasteiger partial charge in [0.15, 0.2) is 0 Å². The number of halogens is 1. The number of nitrogens with zero attached hydrogens (tertiary/aromatic N) is 4. The van der Waals surface area contributed by atoms with Crippen LogP contribution in [-0.4, -0.2) is 51.4 Å². The van der Waals surface area contributed by atoms with E-state index in [1.807, 2.05) is 4.90 Å². The Balaban J connectivity index is 1.56. The Bertz CT molecular complexity index is 764. The minimum Gasteiger partial charge on any atom is -0.381 e. The third kappa shape index (κ3) is 3.42. The van der Waals surface area contributed by atoms with E-state index >= 15 is 0 Å². The van der Waals surface area contributed by atoms with E-state index in [-0.39, 0.29) is 17.5 Å². The lowest BCUT2D eigenvalue weighted by Gasteiger charge is -2.23. The zero-order chi connectivity index (χ0) is 17.4. The van der Waals surface area contributed by atoms with Gasteiger partial charge in [0, 0.05) is 25.1 Å². The molecule has 132 valence electrons. The molecule has 2 fully saturated rings. The van der Waals surface area contributed by atoms with Crippen LogP contribution in [0.25, 0.3) is 5.69 Å². The summed E-state index contributed by atoms with van der Waals surface area (Å²) in [5.74, 6) is 0.766. The second kappa shape index (κ2) is 6.55. The van der Waals surface area contributed by atoms with Crippen LogP contribution >= 0.6 is 0 Å². The van der Waals surface area contributed by atoms with Gasteiger partial charge in [-0.1, -0.05) is 0 Å². The third-order valence-corrected chi connectivity index (χ3v) is 4.76. The second-order valence-electron chi connectivity index (χ2n) is 6.79. The number of aryl methyl sites for hydroxylation is 1. The summed E-state index contributed by atoms with van der Waals surface area (Å²) in [6.45, 7) is 3.98. The van der Waals surface area contributed by atoms with Crippen LogP contribution in [0.1, 0.15) is 35.7 Å². The van der Waals surface area contributed by atoms with Gasteiger partial charge in [0.1, 0.15) is 11.6 Å². The summed E-state index contributed by atoms with van der Waals surface area (Å²) < 4.78 is 20.1. The molecule has 7 heteroatoms. The zero-order valence-corrected chi connectivity index (χ0v) is 14.2. The van der Waals surface area contributed by atoms with Crippen LogP contribution < -0.4 is 0 Å². The molecule has 1 amide bonds. The number of rotatable bonds is 5. The van der Waals surface area contributed by atoms with Gasteiger partial charge in [0.25, 0.3) is 5.91 Å². The summed E-state index contributed by atoms with van der Waals surface area (Å²) in [6.07, 6.45) is 3.07. The lowest BCUT2D eigenvalue weighted by atomic mass is 10.1. The van der Waals surface area contributed by atoms with Gasteiger partial charge in [0.05, 0.1) is 12.3 Å². The van der Waals surface area contributed by atoms with Gasteiger partial charge in [-0.25, -0.2) is 14.1 Å². The van der Waals surface area contributed by atoms with Gasteiger partial charge < -0.3 is 9.64 Å². The summed E-state index contributed by atoms with van der Waals surface area (Å²) in [5.41, 5.74) is 0.688. The van der Waals surface area contributed by atoms with Gasteiger partial charge in [-0.3, -0.25) is 4.79 Å². The molecule has 1 atom stereocenters. The van der Waals surface area contributed by atoms with Gasteiger partial charge in [-0.2, -0.15) is 0 Å². The van der Waals surface area contributed by atoms with E-state index in [4.69, 9.17) is 4.74 Å². The van der Waals surface area contributed by atoms with Crippen molar-refractivity contribution in [2.45, 2.75) is 32.2 Å². The molecule has 1 aromatic carbocycles. The van der Waals surface area contributed by atoms with Crippen molar-refractivity contribution in [1.29, 1.82) is 0 Å². The Morgan fingerprint density at radius 1 is 1.32 bits per heavy atom. The van der Waals surface area contributed by atoms with Crippen LogP contribution in [0.5, 0.6) is 0 Å². The third-order valence-electron chi connectivity index (χ3n) is 4.76. The Kier molecular flexibility index (Phi) is 4.25. The molecule has 4 rings (SSSR count). The van der Waals surface area contributed by atoms with Crippen molar-refractivity contribution in [2.75, 3.05) is 19.8 Å². The quantitative estimate of drug-likeness (QED) is 0.835. The Morgan fingerprint density at radius 2 is 2.08 bits per heavy atom. The lowest BCUT2D eigenvalue weighted by Crippen LogP contribution is -2.38. The molecule has 1 unspecified atom stereocenters. The van der Waals surface area contributed by atoms with Crippen LogP contribution in [0.3, 0.4) is 0 Å². The smallest absolute Gasteiger partial charge is 0.293 e. The van der Waals surface area contributed by atoms with E-state index in [9.17, 15) is 9.18 Å². The monoisotopic (exact) mass is 344 g/mol. The molecule has 0 spiro atoms. The standard InChI is InChI=1S/C18H21FN4O2/c1-12-20-17(21-23(12)16-4-2-14(19)3-5-16)18(24)22(15-6-7-15)10-13-8-9-25-11-13/h2-5,13,15H,6-11H2,1H3. The van der Waals surface area contributed by atoms with Crippen LogP contribution in [0.15, 0.2) is 24.3 Å². The second-order valence-corrected chi connectivity index (χ2v) is 6.79. The highest BCUT2D eigenvalue weighted by Gasteiger charge is 2.36. The number of carbonyl (C=O) groups is 1. The summed E-state index contributed by atoms with van der Waals surface area (Å²) in [4.78, 5) is 19.2. The van der Waals surface area contributed by atoms with Gasteiger partial charge in [-0.15, -0.1) is 5.10 Å². The van der Waals surface area contributed by atoms with Crippen molar-refractivity contribution >= 4 is 5.91 Å².